The first kappa shape index (κ1) is 14.3. The van der Waals surface area contributed by atoms with Crippen LogP contribution in [0.25, 0.3) is 0 Å². The van der Waals surface area contributed by atoms with Gasteiger partial charge in [0, 0.05) is 11.7 Å². The zero-order chi connectivity index (χ0) is 14.8. The molecule has 0 saturated heterocycles. The average Bonchev–Trinajstić information content (AvgIpc) is 2.93. The number of rotatable bonds is 4. The van der Waals surface area contributed by atoms with E-state index in [9.17, 15) is 0 Å². The van der Waals surface area contributed by atoms with E-state index in [0.717, 1.165) is 19.3 Å². The Morgan fingerprint density at radius 1 is 1.19 bits per heavy atom. The fourth-order valence-electron chi connectivity index (χ4n) is 3.33. The van der Waals surface area contributed by atoms with Gasteiger partial charge in [-0.25, -0.2) is 4.98 Å². The van der Waals surface area contributed by atoms with Gasteiger partial charge in [-0.15, -0.1) is 0 Å². The molecular weight excluding hydrogens is 258 g/mol. The van der Waals surface area contributed by atoms with Gasteiger partial charge in [0.15, 0.2) is 0 Å². The molecule has 0 saturated carbocycles. The summed E-state index contributed by atoms with van der Waals surface area (Å²) in [6.45, 7) is 4.28. The summed E-state index contributed by atoms with van der Waals surface area (Å²) in [5.74, 6) is 0. The number of nitrogens with zero attached hydrogens (tertiary/aromatic N) is 2. The quantitative estimate of drug-likeness (QED) is 0.934. The maximum absolute atomic E-state index is 6.46. The first-order valence-corrected chi connectivity index (χ1v) is 8.07. The van der Waals surface area contributed by atoms with Crippen LogP contribution in [0.1, 0.15) is 54.7 Å². The Labute approximate surface area is 127 Å². The number of fused-ring (bicyclic) bond motifs is 1. The predicted octanol–water partition coefficient (Wildman–Crippen LogP) is 3.40. The summed E-state index contributed by atoms with van der Waals surface area (Å²) >= 11 is 0. The lowest BCUT2D eigenvalue weighted by Gasteiger charge is -2.28. The summed E-state index contributed by atoms with van der Waals surface area (Å²) in [5, 5.41) is 0. The molecule has 2 atom stereocenters. The van der Waals surface area contributed by atoms with E-state index in [0.29, 0.717) is 0 Å². The van der Waals surface area contributed by atoms with Crippen molar-refractivity contribution in [2.45, 2.75) is 58.0 Å². The highest BCUT2D eigenvalue weighted by molar-refractivity contribution is 5.28. The second-order valence-corrected chi connectivity index (χ2v) is 6.18. The van der Waals surface area contributed by atoms with Crippen LogP contribution in [0.2, 0.25) is 0 Å². The van der Waals surface area contributed by atoms with Gasteiger partial charge < -0.3 is 10.3 Å². The summed E-state index contributed by atoms with van der Waals surface area (Å²) in [5.41, 5.74) is 11.7. The van der Waals surface area contributed by atoms with Crippen LogP contribution in [0.3, 0.4) is 0 Å². The molecule has 3 nitrogen and oxygen atoms in total. The van der Waals surface area contributed by atoms with Crippen LogP contribution in [-0.4, -0.2) is 15.6 Å². The number of benzene rings is 1. The average molecular weight is 283 g/mol. The molecule has 0 amide bonds. The largest absolute Gasteiger partial charge is 0.326 e. The molecule has 1 aliphatic rings. The molecule has 0 fully saturated rings. The van der Waals surface area contributed by atoms with E-state index in [1.165, 1.54) is 35.4 Å². The molecule has 0 radical (unpaired) electrons. The van der Waals surface area contributed by atoms with Gasteiger partial charge in [0.1, 0.15) is 0 Å². The fraction of sp³-hybridized carbons (Fsp3) is 0.500. The van der Waals surface area contributed by atoms with Crippen LogP contribution in [0.15, 0.2) is 30.6 Å². The van der Waals surface area contributed by atoms with E-state index < -0.39 is 0 Å². The molecule has 0 spiro atoms. The zero-order valence-electron chi connectivity index (χ0n) is 13.0. The van der Waals surface area contributed by atoms with E-state index in [4.69, 9.17) is 5.73 Å². The SMILES string of the molecule is CCC(N)C(c1ccc(C)cc1)n1cnc2c1CCCC2. The number of imidazole rings is 1. The maximum Gasteiger partial charge on any atom is 0.0957 e. The van der Waals surface area contributed by atoms with Crippen molar-refractivity contribution < 1.29 is 0 Å². The van der Waals surface area contributed by atoms with Gasteiger partial charge in [-0.05, 0) is 44.6 Å². The molecule has 21 heavy (non-hydrogen) atoms. The van der Waals surface area contributed by atoms with Crippen LogP contribution < -0.4 is 5.73 Å². The smallest absolute Gasteiger partial charge is 0.0957 e. The normalized spacial score (nSPS) is 17.3. The molecule has 112 valence electrons. The van der Waals surface area contributed by atoms with Gasteiger partial charge in [-0.2, -0.15) is 0 Å². The van der Waals surface area contributed by atoms with Gasteiger partial charge in [0.25, 0.3) is 0 Å². The standard InChI is InChI=1S/C18H25N3/c1-3-15(19)18(14-10-8-13(2)9-11-14)21-12-20-16-6-4-5-7-17(16)21/h8-12,15,18H,3-7,19H2,1-2H3. The van der Waals surface area contributed by atoms with Crippen LogP contribution in [-0.2, 0) is 12.8 Å². The van der Waals surface area contributed by atoms with E-state index in [-0.39, 0.29) is 12.1 Å². The molecule has 2 aromatic rings. The number of aromatic nitrogens is 2. The summed E-state index contributed by atoms with van der Waals surface area (Å²) in [7, 11) is 0. The summed E-state index contributed by atoms with van der Waals surface area (Å²) in [6, 6.07) is 9.09. The lowest BCUT2D eigenvalue weighted by atomic mass is 9.95. The van der Waals surface area contributed by atoms with E-state index in [1.807, 2.05) is 6.33 Å². The zero-order valence-corrected chi connectivity index (χ0v) is 13.0. The van der Waals surface area contributed by atoms with E-state index in [1.54, 1.807) is 0 Å². The van der Waals surface area contributed by atoms with Crippen molar-refractivity contribution in [2.75, 3.05) is 0 Å². The summed E-state index contributed by atoms with van der Waals surface area (Å²) < 4.78 is 2.34. The minimum Gasteiger partial charge on any atom is -0.326 e. The monoisotopic (exact) mass is 283 g/mol. The van der Waals surface area contributed by atoms with Crippen molar-refractivity contribution in [3.8, 4) is 0 Å². The van der Waals surface area contributed by atoms with Crippen LogP contribution in [0.5, 0.6) is 0 Å². The molecule has 3 heteroatoms. The predicted molar refractivity (Wildman–Crippen MR) is 86.5 cm³/mol. The Kier molecular flexibility index (Phi) is 4.11. The molecule has 1 aliphatic carbocycles. The Morgan fingerprint density at radius 3 is 2.62 bits per heavy atom. The van der Waals surface area contributed by atoms with Gasteiger partial charge in [0.05, 0.1) is 18.1 Å². The Bertz CT molecular complexity index is 597. The highest BCUT2D eigenvalue weighted by Crippen LogP contribution is 2.29. The summed E-state index contributed by atoms with van der Waals surface area (Å²) in [4.78, 5) is 4.64. The van der Waals surface area contributed by atoms with Crippen LogP contribution in [0, 0.1) is 6.92 Å². The number of nitrogens with two attached hydrogens (primary N) is 1. The highest BCUT2D eigenvalue weighted by Gasteiger charge is 2.25. The molecule has 2 N–H and O–H groups in total. The van der Waals surface area contributed by atoms with Crippen molar-refractivity contribution in [3.05, 3.63) is 53.1 Å². The maximum atomic E-state index is 6.46. The van der Waals surface area contributed by atoms with Crippen LogP contribution >= 0.6 is 0 Å². The minimum absolute atomic E-state index is 0.118. The number of aryl methyl sites for hydroxylation is 2. The third-order valence-corrected chi connectivity index (χ3v) is 4.66. The van der Waals surface area contributed by atoms with Crippen LogP contribution in [0.4, 0.5) is 0 Å². The first-order chi connectivity index (χ1) is 10.2. The molecule has 0 bridgehead atoms. The second kappa shape index (κ2) is 6.02. The van der Waals surface area contributed by atoms with Crippen molar-refractivity contribution in [1.82, 2.24) is 9.55 Å². The topological polar surface area (TPSA) is 43.8 Å². The third kappa shape index (κ3) is 2.75. The Hall–Kier alpha value is -1.61. The van der Waals surface area contributed by atoms with Crippen molar-refractivity contribution in [2.24, 2.45) is 5.73 Å². The number of hydrogen-bond acceptors (Lipinski definition) is 2. The van der Waals surface area contributed by atoms with Gasteiger partial charge in [-0.3, -0.25) is 0 Å². The first-order valence-electron chi connectivity index (χ1n) is 8.07. The number of hydrogen-bond donors (Lipinski definition) is 1. The summed E-state index contributed by atoms with van der Waals surface area (Å²) in [6.07, 6.45) is 7.75. The van der Waals surface area contributed by atoms with Gasteiger partial charge in [0.2, 0.25) is 0 Å². The van der Waals surface area contributed by atoms with Crippen molar-refractivity contribution in [3.63, 3.8) is 0 Å². The Morgan fingerprint density at radius 2 is 1.90 bits per heavy atom. The lowest BCUT2D eigenvalue weighted by molar-refractivity contribution is 0.442. The van der Waals surface area contributed by atoms with Gasteiger partial charge in [-0.1, -0.05) is 36.8 Å². The molecule has 1 aromatic carbocycles. The molecule has 0 aliphatic heterocycles. The molecule has 1 aromatic heterocycles. The van der Waals surface area contributed by atoms with Gasteiger partial charge >= 0.3 is 0 Å². The lowest BCUT2D eigenvalue weighted by Crippen LogP contribution is -2.33. The Balaban J connectivity index is 2.03. The minimum atomic E-state index is 0.118. The third-order valence-electron chi connectivity index (χ3n) is 4.66. The molecular formula is C18H25N3. The molecule has 2 unspecified atom stereocenters. The van der Waals surface area contributed by atoms with Crippen molar-refractivity contribution in [1.29, 1.82) is 0 Å². The molecule has 1 heterocycles. The molecule has 3 rings (SSSR count). The highest BCUT2D eigenvalue weighted by atomic mass is 15.1. The van der Waals surface area contributed by atoms with Crippen molar-refractivity contribution >= 4 is 0 Å². The van der Waals surface area contributed by atoms with E-state index >= 15 is 0 Å². The second-order valence-electron chi connectivity index (χ2n) is 6.18. The fourth-order valence-corrected chi connectivity index (χ4v) is 3.33. The van der Waals surface area contributed by atoms with E-state index in [2.05, 4.69) is 47.7 Å².